The molecule has 0 bridgehead atoms. The SMILES string of the molecule is CC(C)CC(Cl)Cc1ccc(S(=O)(=O)NC2CC2)cc1. The van der Waals surface area contributed by atoms with Gasteiger partial charge in [-0.05, 0) is 49.3 Å². The number of benzene rings is 1. The van der Waals surface area contributed by atoms with Crippen molar-refractivity contribution < 1.29 is 8.42 Å². The van der Waals surface area contributed by atoms with Crippen LogP contribution in [0.4, 0.5) is 0 Å². The molecule has 1 fully saturated rings. The first-order chi connectivity index (χ1) is 9.37. The Morgan fingerprint density at radius 2 is 1.85 bits per heavy atom. The fraction of sp³-hybridized carbons (Fsp3) is 0.600. The summed E-state index contributed by atoms with van der Waals surface area (Å²) in [6.45, 7) is 4.29. The summed E-state index contributed by atoms with van der Waals surface area (Å²) in [5, 5.41) is 0.0991. The highest BCUT2D eigenvalue weighted by molar-refractivity contribution is 7.89. The molecule has 1 saturated carbocycles. The third-order valence-electron chi connectivity index (χ3n) is 3.32. The molecule has 1 aliphatic rings. The van der Waals surface area contributed by atoms with Crippen molar-refractivity contribution in [2.24, 2.45) is 5.92 Å². The lowest BCUT2D eigenvalue weighted by atomic mass is 10.0. The zero-order valence-corrected chi connectivity index (χ0v) is 13.5. The summed E-state index contributed by atoms with van der Waals surface area (Å²) in [6, 6.07) is 7.18. The lowest BCUT2D eigenvalue weighted by Gasteiger charge is -2.12. The van der Waals surface area contributed by atoms with E-state index in [4.69, 9.17) is 11.6 Å². The van der Waals surface area contributed by atoms with Crippen LogP contribution in [-0.2, 0) is 16.4 Å². The summed E-state index contributed by atoms with van der Waals surface area (Å²) in [5.74, 6) is 0.569. The zero-order valence-electron chi connectivity index (χ0n) is 12.0. The van der Waals surface area contributed by atoms with Crippen LogP contribution in [0.3, 0.4) is 0 Å². The van der Waals surface area contributed by atoms with Crippen LogP contribution in [-0.4, -0.2) is 19.8 Å². The second-order valence-electron chi connectivity index (χ2n) is 5.97. The molecule has 3 nitrogen and oxygen atoms in total. The minimum absolute atomic E-state index is 0.0991. The molecule has 1 aliphatic carbocycles. The first-order valence-electron chi connectivity index (χ1n) is 7.12. The summed E-state index contributed by atoms with van der Waals surface area (Å²) in [6.07, 6.45) is 3.63. The zero-order chi connectivity index (χ0) is 14.8. The summed E-state index contributed by atoms with van der Waals surface area (Å²) < 4.78 is 26.7. The maximum absolute atomic E-state index is 12.0. The van der Waals surface area contributed by atoms with Crippen molar-refractivity contribution in [2.45, 2.75) is 55.8 Å². The van der Waals surface area contributed by atoms with Gasteiger partial charge in [-0.25, -0.2) is 13.1 Å². The molecule has 0 saturated heterocycles. The van der Waals surface area contributed by atoms with Crippen LogP contribution in [0.5, 0.6) is 0 Å². The van der Waals surface area contributed by atoms with Crippen LogP contribution >= 0.6 is 11.6 Å². The summed E-state index contributed by atoms with van der Waals surface area (Å²) in [5.41, 5.74) is 1.08. The van der Waals surface area contributed by atoms with Crippen LogP contribution in [0, 0.1) is 5.92 Å². The second-order valence-corrected chi connectivity index (χ2v) is 8.30. The van der Waals surface area contributed by atoms with E-state index in [2.05, 4.69) is 18.6 Å². The molecule has 0 heterocycles. The molecule has 1 atom stereocenters. The highest BCUT2D eigenvalue weighted by Gasteiger charge is 2.27. The molecular formula is C15H22ClNO2S. The van der Waals surface area contributed by atoms with Gasteiger partial charge in [0.05, 0.1) is 4.90 Å². The van der Waals surface area contributed by atoms with Gasteiger partial charge in [0.2, 0.25) is 10.0 Å². The van der Waals surface area contributed by atoms with E-state index < -0.39 is 10.0 Å². The van der Waals surface area contributed by atoms with Crippen molar-refractivity contribution in [1.29, 1.82) is 0 Å². The largest absolute Gasteiger partial charge is 0.240 e. The van der Waals surface area contributed by atoms with Gasteiger partial charge in [0, 0.05) is 11.4 Å². The van der Waals surface area contributed by atoms with E-state index in [1.54, 1.807) is 12.1 Å². The minimum atomic E-state index is -3.34. The Morgan fingerprint density at radius 1 is 1.25 bits per heavy atom. The minimum Gasteiger partial charge on any atom is -0.208 e. The Morgan fingerprint density at radius 3 is 2.35 bits per heavy atom. The molecule has 112 valence electrons. The molecule has 0 aromatic heterocycles. The molecular weight excluding hydrogens is 294 g/mol. The summed E-state index contributed by atoms with van der Waals surface area (Å²) >= 11 is 6.29. The lowest BCUT2D eigenvalue weighted by Crippen LogP contribution is -2.25. The van der Waals surface area contributed by atoms with E-state index in [9.17, 15) is 8.42 Å². The predicted octanol–water partition coefficient (Wildman–Crippen LogP) is 3.32. The average molecular weight is 316 g/mol. The molecule has 1 N–H and O–H groups in total. The van der Waals surface area contributed by atoms with Crippen molar-refractivity contribution in [3.63, 3.8) is 0 Å². The number of nitrogens with one attached hydrogen (secondary N) is 1. The Bertz CT molecular complexity index is 535. The highest BCUT2D eigenvalue weighted by Crippen LogP contribution is 2.23. The molecule has 5 heteroatoms. The maximum atomic E-state index is 12.0. The number of sulfonamides is 1. The van der Waals surface area contributed by atoms with Gasteiger partial charge < -0.3 is 0 Å². The topological polar surface area (TPSA) is 46.2 Å². The van der Waals surface area contributed by atoms with E-state index in [-0.39, 0.29) is 11.4 Å². The van der Waals surface area contributed by atoms with Gasteiger partial charge in [-0.15, -0.1) is 11.6 Å². The molecule has 20 heavy (non-hydrogen) atoms. The highest BCUT2D eigenvalue weighted by atomic mass is 35.5. The van der Waals surface area contributed by atoms with E-state index in [0.717, 1.165) is 31.2 Å². The lowest BCUT2D eigenvalue weighted by molar-refractivity contribution is 0.561. The quantitative estimate of drug-likeness (QED) is 0.785. The standard InChI is InChI=1S/C15H22ClNO2S/c1-11(2)9-13(16)10-12-3-7-15(8-4-12)20(18,19)17-14-5-6-14/h3-4,7-8,11,13-14,17H,5-6,9-10H2,1-2H3. The molecule has 0 spiro atoms. The van der Waals surface area contributed by atoms with Gasteiger partial charge in [-0.3, -0.25) is 0 Å². The molecule has 1 aromatic carbocycles. The molecule has 2 rings (SSSR count). The molecule has 0 radical (unpaired) electrons. The average Bonchev–Trinajstić information content (AvgIpc) is 3.11. The Hall–Kier alpha value is -0.580. The number of rotatable bonds is 7. The fourth-order valence-electron chi connectivity index (χ4n) is 2.14. The van der Waals surface area contributed by atoms with Crippen molar-refractivity contribution in [3.05, 3.63) is 29.8 Å². The Kier molecular flexibility index (Phi) is 5.10. The van der Waals surface area contributed by atoms with E-state index in [0.29, 0.717) is 10.8 Å². The van der Waals surface area contributed by atoms with Gasteiger partial charge in [0.15, 0.2) is 0 Å². The van der Waals surface area contributed by atoms with E-state index >= 15 is 0 Å². The Balaban J connectivity index is 1.98. The van der Waals surface area contributed by atoms with Crippen molar-refractivity contribution >= 4 is 21.6 Å². The molecule has 1 aromatic rings. The van der Waals surface area contributed by atoms with Gasteiger partial charge in [-0.1, -0.05) is 26.0 Å². The molecule has 1 unspecified atom stereocenters. The summed E-state index contributed by atoms with van der Waals surface area (Å²) in [7, 11) is -3.34. The van der Waals surface area contributed by atoms with E-state index in [1.165, 1.54) is 0 Å². The monoisotopic (exact) mass is 315 g/mol. The molecule has 0 aliphatic heterocycles. The third kappa shape index (κ3) is 4.76. The van der Waals surface area contributed by atoms with Crippen molar-refractivity contribution in [3.8, 4) is 0 Å². The first kappa shape index (κ1) is 15.8. The predicted molar refractivity (Wildman–Crippen MR) is 82.6 cm³/mol. The second kappa shape index (κ2) is 6.46. The van der Waals surface area contributed by atoms with Crippen LogP contribution in [0.1, 0.15) is 38.7 Å². The van der Waals surface area contributed by atoms with Crippen molar-refractivity contribution in [2.75, 3.05) is 0 Å². The van der Waals surface area contributed by atoms with Crippen LogP contribution in [0.25, 0.3) is 0 Å². The molecule has 0 amide bonds. The van der Waals surface area contributed by atoms with Gasteiger partial charge in [-0.2, -0.15) is 0 Å². The fourth-order valence-corrected chi connectivity index (χ4v) is 3.98. The first-order valence-corrected chi connectivity index (χ1v) is 9.04. The van der Waals surface area contributed by atoms with Crippen molar-refractivity contribution in [1.82, 2.24) is 4.72 Å². The van der Waals surface area contributed by atoms with Gasteiger partial charge in [0.25, 0.3) is 0 Å². The summed E-state index contributed by atoms with van der Waals surface area (Å²) in [4.78, 5) is 0.336. The normalized spacial score (nSPS) is 17.4. The number of hydrogen-bond donors (Lipinski definition) is 1. The third-order valence-corrected chi connectivity index (χ3v) is 5.19. The van der Waals surface area contributed by atoms with E-state index in [1.807, 2.05) is 12.1 Å². The van der Waals surface area contributed by atoms with Crippen LogP contribution in [0.15, 0.2) is 29.2 Å². The van der Waals surface area contributed by atoms with Gasteiger partial charge in [0.1, 0.15) is 0 Å². The van der Waals surface area contributed by atoms with Crippen LogP contribution in [0.2, 0.25) is 0 Å². The maximum Gasteiger partial charge on any atom is 0.240 e. The smallest absolute Gasteiger partial charge is 0.208 e. The van der Waals surface area contributed by atoms with Crippen LogP contribution < -0.4 is 4.72 Å². The number of halogens is 1. The van der Waals surface area contributed by atoms with Gasteiger partial charge >= 0.3 is 0 Å². The number of alkyl halides is 1. The Labute approximate surface area is 126 Å². The number of hydrogen-bond acceptors (Lipinski definition) is 2.